The van der Waals surface area contributed by atoms with Crippen LogP contribution in [0.3, 0.4) is 0 Å². The molecule has 0 saturated carbocycles. The molecule has 0 aliphatic carbocycles. The van der Waals surface area contributed by atoms with Crippen LogP contribution in [0.25, 0.3) is 21.9 Å². The molecule has 4 aliphatic rings. The number of aryl methyl sites for hydroxylation is 1. The summed E-state index contributed by atoms with van der Waals surface area (Å²) in [6.45, 7) is 4.55. The fourth-order valence-electron chi connectivity index (χ4n) is 8.82. The van der Waals surface area contributed by atoms with Crippen LogP contribution < -0.4 is 25.4 Å². The van der Waals surface area contributed by atoms with Crippen molar-refractivity contribution in [1.82, 2.24) is 29.6 Å². The Morgan fingerprint density at radius 2 is 1.72 bits per heavy atom. The van der Waals surface area contributed by atoms with Crippen molar-refractivity contribution in [3.63, 3.8) is 0 Å². The van der Waals surface area contributed by atoms with Crippen molar-refractivity contribution in [1.29, 1.82) is 0 Å². The summed E-state index contributed by atoms with van der Waals surface area (Å²) < 4.78 is 30.6. The van der Waals surface area contributed by atoms with Crippen LogP contribution in [0.4, 0.5) is 11.5 Å². The number of ether oxygens (including phenoxy) is 1. The van der Waals surface area contributed by atoms with E-state index in [0.29, 0.717) is 64.6 Å². The number of carbonyl (C=O) groups excluding carboxylic acids is 3. The molecule has 8 rings (SSSR count). The number of rotatable bonds is 10. The van der Waals surface area contributed by atoms with Crippen molar-refractivity contribution < 1.29 is 28.3 Å². The third-order valence-corrected chi connectivity index (χ3v) is 12.2. The normalized spacial score (nSPS) is 20.6. The average Bonchev–Trinajstić information content (AvgIpc) is 3.55. The maximum atomic E-state index is 13.2. The van der Waals surface area contributed by atoms with E-state index in [-0.39, 0.29) is 29.4 Å². The van der Waals surface area contributed by atoms with E-state index in [4.69, 9.17) is 8.85 Å². The smallest absolute Gasteiger partial charge is 0.259 e. The highest BCUT2D eigenvalue weighted by Crippen LogP contribution is 2.38. The summed E-state index contributed by atoms with van der Waals surface area (Å²) >= 11 is 0. The largest absolute Gasteiger partial charge is 0.507 e. The van der Waals surface area contributed by atoms with Crippen LogP contribution in [-0.2, 0) is 29.7 Å². The van der Waals surface area contributed by atoms with Gasteiger partial charge in [0.05, 0.1) is 12.5 Å². The van der Waals surface area contributed by atoms with Crippen LogP contribution in [-0.4, -0.2) is 120 Å². The molecule has 1 atom stereocenters. The fraction of sp³-hybridized carbons (Fsp3) is 0.465. The molecule has 4 aromatic rings. The van der Waals surface area contributed by atoms with Crippen LogP contribution in [0.5, 0.6) is 11.5 Å². The molecule has 4 aliphatic heterocycles. The number of methoxy groups -OCH3 is 1. The van der Waals surface area contributed by atoms with Gasteiger partial charge in [-0.05, 0) is 85.7 Å². The number of aromatic nitrogens is 2. The number of imide groups is 1. The minimum Gasteiger partial charge on any atom is -0.507 e. The topological polar surface area (TPSA) is 144 Å². The van der Waals surface area contributed by atoms with Gasteiger partial charge in [-0.15, -0.1) is 0 Å². The van der Waals surface area contributed by atoms with Gasteiger partial charge >= 0.3 is 0 Å². The number of nitrogens with zero attached hydrogens (tertiary/aromatic N) is 7. The molecular formula is C43H52N8O6. The number of carbonyl (C=O) groups is 3. The number of hydrogen-bond donors (Lipinski definition) is 2. The molecule has 0 spiro atoms. The van der Waals surface area contributed by atoms with Crippen molar-refractivity contribution in [2.75, 3.05) is 76.8 Å². The molecular weight excluding hydrogens is 725 g/mol. The number of fused-ring (bicyclic) bond motifs is 2. The first-order chi connectivity index (χ1) is 28.7. The highest BCUT2D eigenvalue weighted by Gasteiger charge is 2.39. The number of anilines is 2. The Hall–Kier alpha value is -5.47. The van der Waals surface area contributed by atoms with E-state index >= 15 is 0 Å². The van der Waals surface area contributed by atoms with Crippen LogP contribution in [0, 0.1) is 5.92 Å². The van der Waals surface area contributed by atoms with E-state index in [1.165, 1.54) is 12.4 Å². The molecule has 0 radical (unpaired) electrons. The lowest BCUT2D eigenvalue weighted by Crippen LogP contribution is -2.52. The summed E-state index contributed by atoms with van der Waals surface area (Å²) in [5.41, 5.74) is 3.62. The van der Waals surface area contributed by atoms with Gasteiger partial charge in [-0.2, -0.15) is 0 Å². The first-order valence-electron chi connectivity index (χ1n) is 21.3. The molecule has 1 unspecified atom stereocenters. The fourth-order valence-corrected chi connectivity index (χ4v) is 8.82. The lowest BCUT2D eigenvalue weighted by molar-refractivity contribution is -0.136. The predicted octanol–water partition coefficient (Wildman–Crippen LogP) is 3.57. The van der Waals surface area contributed by atoms with Gasteiger partial charge in [0, 0.05) is 124 Å². The van der Waals surface area contributed by atoms with Gasteiger partial charge in [0.15, 0.2) is 0 Å². The molecule has 2 aromatic heterocycles. The second kappa shape index (κ2) is 15.8. The Morgan fingerprint density at radius 1 is 0.947 bits per heavy atom. The van der Waals surface area contributed by atoms with Gasteiger partial charge in [-0.25, -0.2) is 4.98 Å². The first kappa shape index (κ1) is 34.8. The second-order valence-electron chi connectivity index (χ2n) is 16.0. The summed E-state index contributed by atoms with van der Waals surface area (Å²) in [4.78, 5) is 65.4. The van der Waals surface area contributed by atoms with Crippen LogP contribution >= 0.6 is 0 Å². The predicted molar refractivity (Wildman–Crippen MR) is 219 cm³/mol. The van der Waals surface area contributed by atoms with E-state index < -0.39 is 24.5 Å². The number of phenolic OH excluding ortho intramolecular Hbond substituents is 1. The maximum absolute atomic E-state index is 13.2. The lowest BCUT2D eigenvalue weighted by atomic mass is 9.92. The molecule has 0 bridgehead atoms. The summed E-state index contributed by atoms with van der Waals surface area (Å²) in [6, 6.07) is 10.5. The number of benzene rings is 2. The Kier molecular flexibility index (Phi) is 9.64. The Morgan fingerprint density at radius 3 is 2.44 bits per heavy atom. The van der Waals surface area contributed by atoms with Crippen LogP contribution in [0.15, 0.2) is 53.6 Å². The molecule has 300 valence electrons. The second-order valence-corrected chi connectivity index (χ2v) is 16.0. The molecule has 14 nitrogen and oxygen atoms in total. The molecule has 3 fully saturated rings. The van der Waals surface area contributed by atoms with Gasteiger partial charge in [0.25, 0.3) is 11.5 Å². The molecule has 2 aromatic carbocycles. The summed E-state index contributed by atoms with van der Waals surface area (Å²) in [5, 5.41) is 14.5. The van der Waals surface area contributed by atoms with E-state index in [1.807, 2.05) is 26.2 Å². The molecule has 57 heavy (non-hydrogen) atoms. The Labute approximate surface area is 336 Å². The monoisotopic (exact) mass is 779 g/mol. The van der Waals surface area contributed by atoms with Gasteiger partial charge in [0.2, 0.25) is 11.8 Å². The van der Waals surface area contributed by atoms with Crippen LogP contribution in [0.2, 0.25) is 0 Å². The maximum Gasteiger partial charge on any atom is 0.259 e. The first-order valence-corrected chi connectivity index (χ1v) is 19.8. The van der Waals surface area contributed by atoms with Gasteiger partial charge in [-0.1, -0.05) is 0 Å². The van der Waals surface area contributed by atoms with Gasteiger partial charge in [-0.3, -0.25) is 29.4 Å². The van der Waals surface area contributed by atoms with Gasteiger partial charge < -0.3 is 34.0 Å². The third-order valence-electron chi connectivity index (χ3n) is 12.2. The van der Waals surface area contributed by atoms with Crippen molar-refractivity contribution in [2.45, 2.75) is 51.2 Å². The minimum atomic E-state index is -2.71. The number of phenols is 1. The highest BCUT2D eigenvalue weighted by atomic mass is 16.5. The number of hydrogen-bond acceptors (Lipinski definition) is 11. The van der Waals surface area contributed by atoms with E-state index in [2.05, 4.69) is 31.1 Å². The minimum absolute atomic E-state index is 0.0300. The Bertz CT molecular complexity index is 2390. The van der Waals surface area contributed by atoms with Crippen molar-refractivity contribution in [2.24, 2.45) is 12.9 Å². The molecule has 3 saturated heterocycles. The standard InChI is InChI=1S/C43H52N8O6/c1-46(2)39-22-32-33(23-44-39)42(55)47(3)25-34(32)28-20-37(52)35(38(21-28)57-4)26-49-17-15-48(16-18-49)12-9-27-10-13-50(14-11-27)30-5-6-31-29(19-30)24-51(43(31)56)36-7-8-40(53)45-41(36)54/h5-6,19-23,25,27,36,52H,7-18,24,26H2,1-4H3,(H,45,53,54)/i3D3. The summed E-state index contributed by atoms with van der Waals surface area (Å²) in [5.74, 6) is 0.893. The van der Waals surface area contributed by atoms with E-state index in [9.17, 15) is 24.3 Å². The Balaban J connectivity index is 0.851. The summed E-state index contributed by atoms with van der Waals surface area (Å²) in [7, 11) is 5.21. The van der Waals surface area contributed by atoms with Crippen molar-refractivity contribution in [3.8, 4) is 22.6 Å². The van der Waals surface area contributed by atoms with Gasteiger partial charge in [0.1, 0.15) is 23.4 Å². The SMILES string of the molecule is [2H]C([2H])([2H])n1cc(-c2cc(O)c(CN3CCN(CCC4CCN(c5ccc6c(c5)CN(C5CCC(=O)NC5=O)C6=O)CC4)CC3)c(OC)c2)c2cc(N(C)C)ncc2c1=O. The zero-order valence-electron chi connectivity index (χ0n) is 35.8. The summed E-state index contributed by atoms with van der Waals surface area (Å²) in [6.07, 6.45) is 6.63. The molecule has 3 amide bonds. The molecule has 14 heteroatoms. The number of aromatic hydroxyl groups is 1. The lowest BCUT2D eigenvalue weighted by Gasteiger charge is -2.37. The van der Waals surface area contributed by atoms with Crippen LogP contribution in [0.1, 0.15) is 57.7 Å². The van der Waals surface area contributed by atoms with E-state index in [0.717, 1.165) is 80.9 Å². The quantitative estimate of drug-likeness (QED) is 0.228. The zero-order valence-corrected chi connectivity index (χ0v) is 32.8. The highest BCUT2D eigenvalue weighted by molar-refractivity contribution is 6.05. The zero-order chi connectivity index (χ0) is 42.5. The number of piperazine rings is 1. The third kappa shape index (κ3) is 7.67. The molecule has 2 N–H and O–H groups in total. The molecule has 6 heterocycles. The van der Waals surface area contributed by atoms with Crippen molar-refractivity contribution >= 4 is 40.0 Å². The number of nitrogens with one attached hydrogen (secondary N) is 1. The number of piperidine rings is 2. The number of pyridine rings is 2. The van der Waals surface area contributed by atoms with E-state index in [1.54, 1.807) is 35.1 Å². The average molecular weight is 780 g/mol. The van der Waals surface area contributed by atoms with Crippen molar-refractivity contribution in [3.05, 3.63) is 75.8 Å². The number of amides is 3.